The lowest BCUT2D eigenvalue weighted by Gasteiger charge is -2.10. The zero-order chi connectivity index (χ0) is 21.3. The maximum atomic E-state index is 12.7. The van der Waals surface area contributed by atoms with Crippen LogP contribution in [-0.4, -0.2) is 36.2 Å². The molecule has 0 saturated heterocycles. The zero-order valence-corrected chi connectivity index (χ0v) is 16.2. The highest BCUT2D eigenvalue weighted by molar-refractivity contribution is 6.04. The molecular formula is C21H22N2O7. The van der Waals surface area contributed by atoms with Crippen LogP contribution in [0.25, 0.3) is 6.08 Å². The van der Waals surface area contributed by atoms with E-state index in [4.69, 9.17) is 19.0 Å². The SMILES string of the molecule is O=C(O)CCCCCNC(=O)C(=Cc1ccc2c(c1)OCO2)NC(=O)c1ccco1. The molecule has 1 aromatic heterocycles. The third-order valence-corrected chi connectivity index (χ3v) is 4.30. The Morgan fingerprint density at radius 2 is 1.90 bits per heavy atom. The van der Waals surface area contributed by atoms with Crippen molar-refractivity contribution in [3.05, 3.63) is 53.6 Å². The molecule has 0 aliphatic carbocycles. The molecule has 0 atom stereocenters. The first kappa shape index (κ1) is 21.0. The quantitative estimate of drug-likeness (QED) is 0.403. The van der Waals surface area contributed by atoms with Crippen LogP contribution in [0, 0.1) is 0 Å². The average molecular weight is 414 g/mol. The lowest BCUT2D eigenvalue weighted by molar-refractivity contribution is -0.137. The molecule has 0 unspecified atom stereocenters. The maximum Gasteiger partial charge on any atom is 0.303 e. The minimum Gasteiger partial charge on any atom is -0.481 e. The summed E-state index contributed by atoms with van der Waals surface area (Å²) in [4.78, 5) is 35.5. The number of amides is 2. The molecule has 3 rings (SSSR count). The Morgan fingerprint density at radius 1 is 1.07 bits per heavy atom. The Hall–Kier alpha value is -3.75. The number of unbranched alkanes of at least 4 members (excludes halogenated alkanes) is 2. The number of rotatable bonds is 10. The van der Waals surface area contributed by atoms with Crippen molar-refractivity contribution in [2.75, 3.05) is 13.3 Å². The van der Waals surface area contributed by atoms with Gasteiger partial charge in [-0.05, 0) is 48.7 Å². The molecule has 1 aliphatic heterocycles. The Morgan fingerprint density at radius 3 is 2.67 bits per heavy atom. The summed E-state index contributed by atoms with van der Waals surface area (Å²) in [6.45, 7) is 0.487. The molecule has 3 N–H and O–H groups in total. The second-order valence-electron chi connectivity index (χ2n) is 6.56. The second kappa shape index (κ2) is 10.1. The van der Waals surface area contributed by atoms with Gasteiger partial charge in [-0.3, -0.25) is 14.4 Å². The standard InChI is InChI=1S/C21H22N2O7/c24-19(25)6-2-1-3-9-22-20(26)15(23-21(27)17-5-4-10-28-17)11-14-7-8-16-18(12-14)30-13-29-16/h4-5,7-8,10-12H,1-3,6,9,13H2,(H,22,26)(H,23,27)(H,24,25). The number of hydrogen-bond donors (Lipinski definition) is 3. The highest BCUT2D eigenvalue weighted by Crippen LogP contribution is 2.33. The lowest BCUT2D eigenvalue weighted by atomic mass is 10.1. The minimum absolute atomic E-state index is 0.0424. The van der Waals surface area contributed by atoms with Crippen LogP contribution in [0.15, 0.2) is 46.7 Å². The normalized spacial score (nSPS) is 12.5. The maximum absolute atomic E-state index is 12.7. The van der Waals surface area contributed by atoms with Gasteiger partial charge in [0.1, 0.15) is 5.70 Å². The molecule has 1 aromatic carbocycles. The number of fused-ring (bicyclic) bond motifs is 1. The van der Waals surface area contributed by atoms with Crippen LogP contribution in [0.2, 0.25) is 0 Å². The van der Waals surface area contributed by atoms with Gasteiger partial charge < -0.3 is 29.6 Å². The first-order valence-corrected chi connectivity index (χ1v) is 9.49. The first-order chi connectivity index (χ1) is 14.5. The number of carbonyl (C=O) groups excluding carboxylic acids is 2. The Balaban J connectivity index is 1.66. The minimum atomic E-state index is -0.839. The number of ether oxygens (including phenoxy) is 2. The molecule has 0 saturated carbocycles. The number of carboxylic acid groups (broad SMARTS) is 1. The number of aliphatic carboxylic acids is 1. The van der Waals surface area contributed by atoms with Gasteiger partial charge in [0.15, 0.2) is 17.3 Å². The fourth-order valence-electron chi connectivity index (χ4n) is 2.79. The van der Waals surface area contributed by atoms with Crippen LogP contribution in [0.4, 0.5) is 0 Å². The van der Waals surface area contributed by atoms with Crippen molar-refractivity contribution in [2.24, 2.45) is 0 Å². The molecule has 0 radical (unpaired) electrons. The molecule has 30 heavy (non-hydrogen) atoms. The molecule has 0 spiro atoms. The molecule has 158 valence electrons. The van der Waals surface area contributed by atoms with Crippen LogP contribution in [-0.2, 0) is 9.59 Å². The molecule has 0 bridgehead atoms. The number of nitrogens with one attached hydrogen (secondary N) is 2. The summed E-state index contributed by atoms with van der Waals surface area (Å²) in [6, 6.07) is 8.24. The van der Waals surface area contributed by atoms with Crippen molar-refractivity contribution < 1.29 is 33.4 Å². The van der Waals surface area contributed by atoms with Crippen molar-refractivity contribution in [3.63, 3.8) is 0 Å². The van der Waals surface area contributed by atoms with Crippen molar-refractivity contribution in [2.45, 2.75) is 25.7 Å². The highest BCUT2D eigenvalue weighted by Gasteiger charge is 2.18. The number of hydrogen-bond acceptors (Lipinski definition) is 6. The van der Waals surface area contributed by atoms with Gasteiger partial charge in [0, 0.05) is 13.0 Å². The summed E-state index contributed by atoms with van der Waals surface area (Å²) in [6.07, 6.45) is 4.84. The van der Waals surface area contributed by atoms with Gasteiger partial charge in [-0.2, -0.15) is 0 Å². The van der Waals surface area contributed by atoms with Crippen molar-refractivity contribution in [1.82, 2.24) is 10.6 Å². The first-order valence-electron chi connectivity index (χ1n) is 9.49. The van der Waals surface area contributed by atoms with Crippen LogP contribution >= 0.6 is 0 Å². The van der Waals surface area contributed by atoms with E-state index in [9.17, 15) is 14.4 Å². The van der Waals surface area contributed by atoms with E-state index in [1.54, 1.807) is 24.3 Å². The Labute approximate surface area is 172 Å². The van der Waals surface area contributed by atoms with Gasteiger partial charge in [-0.25, -0.2) is 0 Å². The summed E-state index contributed by atoms with van der Waals surface area (Å²) in [5.41, 5.74) is 0.686. The lowest BCUT2D eigenvalue weighted by Crippen LogP contribution is -2.35. The predicted molar refractivity (Wildman–Crippen MR) is 106 cm³/mol. The summed E-state index contributed by atoms with van der Waals surface area (Å²) >= 11 is 0. The smallest absolute Gasteiger partial charge is 0.303 e. The molecule has 2 heterocycles. The molecule has 1 aliphatic rings. The summed E-state index contributed by atoms with van der Waals surface area (Å²) in [5.74, 6) is -0.616. The van der Waals surface area contributed by atoms with Crippen molar-refractivity contribution >= 4 is 23.9 Å². The van der Waals surface area contributed by atoms with E-state index in [1.165, 1.54) is 18.4 Å². The molecular weight excluding hydrogens is 392 g/mol. The van der Waals surface area contributed by atoms with Gasteiger partial charge in [0.05, 0.1) is 6.26 Å². The van der Waals surface area contributed by atoms with Crippen LogP contribution < -0.4 is 20.1 Å². The average Bonchev–Trinajstić information content (AvgIpc) is 3.41. The summed E-state index contributed by atoms with van der Waals surface area (Å²) in [7, 11) is 0. The fourth-order valence-corrected chi connectivity index (χ4v) is 2.79. The Bertz CT molecular complexity index is 935. The fraction of sp³-hybridized carbons (Fsp3) is 0.286. The predicted octanol–water partition coefficient (Wildman–Crippen LogP) is 2.54. The molecule has 2 amide bonds. The Kier molecular flexibility index (Phi) is 7.09. The van der Waals surface area contributed by atoms with E-state index in [1.807, 2.05) is 0 Å². The molecule has 9 nitrogen and oxygen atoms in total. The van der Waals surface area contributed by atoms with Gasteiger partial charge >= 0.3 is 5.97 Å². The summed E-state index contributed by atoms with van der Waals surface area (Å²) < 4.78 is 15.7. The third-order valence-electron chi connectivity index (χ3n) is 4.30. The van der Waals surface area contributed by atoms with E-state index < -0.39 is 17.8 Å². The number of carboxylic acids is 1. The topological polar surface area (TPSA) is 127 Å². The zero-order valence-electron chi connectivity index (χ0n) is 16.2. The van der Waals surface area contributed by atoms with Gasteiger partial charge in [-0.1, -0.05) is 12.5 Å². The number of carbonyl (C=O) groups is 3. The number of furan rings is 1. The van der Waals surface area contributed by atoms with Gasteiger partial charge in [0.2, 0.25) is 6.79 Å². The monoisotopic (exact) mass is 414 g/mol. The number of benzene rings is 1. The molecule has 9 heteroatoms. The van der Waals surface area contributed by atoms with Crippen LogP contribution in [0.5, 0.6) is 11.5 Å². The highest BCUT2D eigenvalue weighted by atomic mass is 16.7. The molecule has 2 aromatic rings. The van der Waals surface area contributed by atoms with Crippen molar-refractivity contribution in [3.8, 4) is 11.5 Å². The van der Waals surface area contributed by atoms with E-state index >= 15 is 0 Å². The van der Waals surface area contributed by atoms with E-state index in [2.05, 4.69) is 10.6 Å². The van der Waals surface area contributed by atoms with Crippen LogP contribution in [0.3, 0.4) is 0 Å². The van der Waals surface area contributed by atoms with E-state index in [0.717, 1.165) is 0 Å². The van der Waals surface area contributed by atoms with Gasteiger partial charge in [0.25, 0.3) is 11.8 Å². The second-order valence-corrected chi connectivity index (χ2v) is 6.56. The van der Waals surface area contributed by atoms with Crippen LogP contribution in [0.1, 0.15) is 41.8 Å². The van der Waals surface area contributed by atoms with E-state index in [-0.39, 0.29) is 24.7 Å². The largest absolute Gasteiger partial charge is 0.481 e. The third kappa shape index (κ3) is 5.87. The molecule has 0 fully saturated rings. The van der Waals surface area contributed by atoms with Crippen molar-refractivity contribution in [1.29, 1.82) is 0 Å². The van der Waals surface area contributed by atoms with E-state index in [0.29, 0.717) is 42.9 Å². The van der Waals surface area contributed by atoms with Gasteiger partial charge in [-0.15, -0.1) is 0 Å². The summed E-state index contributed by atoms with van der Waals surface area (Å²) in [5, 5.41) is 14.0.